The summed E-state index contributed by atoms with van der Waals surface area (Å²) in [6.45, 7) is 5.70. The first-order valence-corrected chi connectivity index (χ1v) is 6.58. The fraction of sp³-hybridized carbons (Fsp3) is 0.375. The molecular weight excluding hydrogens is 240 g/mol. The quantitative estimate of drug-likeness (QED) is 0.341. The molecule has 3 heteroatoms. The first kappa shape index (κ1) is 15.2. The number of hydrogen-bond acceptors (Lipinski definition) is 3. The zero-order valence-corrected chi connectivity index (χ0v) is 11.7. The van der Waals surface area contributed by atoms with E-state index in [1.807, 2.05) is 37.3 Å². The Morgan fingerprint density at radius 1 is 1.11 bits per heavy atom. The lowest BCUT2D eigenvalue weighted by atomic mass is 9.96. The monoisotopic (exact) mass is 260 g/mol. The fourth-order valence-electron chi connectivity index (χ4n) is 1.86. The minimum atomic E-state index is -0.526. The molecule has 1 aromatic rings. The van der Waals surface area contributed by atoms with Crippen molar-refractivity contribution in [3.05, 3.63) is 41.5 Å². The average Bonchev–Trinajstić information content (AvgIpc) is 2.40. The zero-order chi connectivity index (χ0) is 14.3. The predicted octanol–water partition coefficient (Wildman–Crippen LogP) is 3.39. The smallest absolute Gasteiger partial charge is 0.342 e. The molecule has 0 spiro atoms. The summed E-state index contributed by atoms with van der Waals surface area (Å²) < 4.78 is 5.00. The first-order valence-electron chi connectivity index (χ1n) is 6.58. The van der Waals surface area contributed by atoms with Crippen molar-refractivity contribution in [1.82, 2.24) is 0 Å². The topological polar surface area (TPSA) is 43.4 Å². The average molecular weight is 260 g/mol. The Morgan fingerprint density at radius 2 is 1.74 bits per heavy atom. The van der Waals surface area contributed by atoms with Crippen LogP contribution >= 0.6 is 0 Å². The van der Waals surface area contributed by atoms with E-state index < -0.39 is 5.97 Å². The molecule has 102 valence electrons. The molecule has 0 atom stereocenters. The SMILES string of the molecule is CCCC(=O)/C(C(=O)OCC)=C(/C)c1ccccc1. The van der Waals surface area contributed by atoms with E-state index in [1.165, 1.54) is 0 Å². The van der Waals surface area contributed by atoms with E-state index >= 15 is 0 Å². The maximum Gasteiger partial charge on any atom is 0.342 e. The van der Waals surface area contributed by atoms with Crippen molar-refractivity contribution < 1.29 is 14.3 Å². The number of allylic oxidation sites excluding steroid dienone is 1. The third-order valence-electron chi connectivity index (χ3n) is 2.82. The van der Waals surface area contributed by atoms with Crippen molar-refractivity contribution in [2.75, 3.05) is 6.61 Å². The molecule has 0 heterocycles. The number of carbonyl (C=O) groups is 2. The second kappa shape index (κ2) is 7.52. The van der Waals surface area contributed by atoms with Gasteiger partial charge in [0.05, 0.1) is 6.61 Å². The minimum Gasteiger partial charge on any atom is -0.462 e. The van der Waals surface area contributed by atoms with Crippen LogP contribution in [0.25, 0.3) is 5.57 Å². The molecule has 0 unspecified atom stereocenters. The highest BCUT2D eigenvalue weighted by Gasteiger charge is 2.22. The summed E-state index contributed by atoms with van der Waals surface area (Å²) in [4.78, 5) is 24.1. The van der Waals surface area contributed by atoms with Gasteiger partial charge in [-0.05, 0) is 31.4 Å². The number of ketones is 1. The van der Waals surface area contributed by atoms with Crippen LogP contribution in [0.3, 0.4) is 0 Å². The number of Topliss-reactive ketones (excluding diaryl/α,β-unsaturated/α-hetero) is 1. The van der Waals surface area contributed by atoms with Gasteiger partial charge in [0, 0.05) is 6.42 Å². The fourth-order valence-corrected chi connectivity index (χ4v) is 1.86. The molecule has 0 aromatic heterocycles. The molecule has 0 bridgehead atoms. The second-order valence-electron chi connectivity index (χ2n) is 4.26. The Morgan fingerprint density at radius 3 is 2.26 bits per heavy atom. The number of carbonyl (C=O) groups excluding carboxylic acids is 2. The molecule has 0 radical (unpaired) electrons. The first-order chi connectivity index (χ1) is 9.11. The summed E-state index contributed by atoms with van der Waals surface area (Å²) in [5.74, 6) is -0.676. The number of esters is 1. The van der Waals surface area contributed by atoms with E-state index in [0.717, 1.165) is 5.56 Å². The van der Waals surface area contributed by atoms with Gasteiger partial charge in [-0.3, -0.25) is 4.79 Å². The molecule has 0 fully saturated rings. The van der Waals surface area contributed by atoms with Crippen LogP contribution < -0.4 is 0 Å². The Kier molecular flexibility index (Phi) is 6.00. The summed E-state index contributed by atoms with van der Waals surface area (Å²) in [6, 6.07) is 9.42. The molecule has 0 aliphatic rings. The highest BCUT2D eigenvalue weighted by atomic mass is 16.5. The van der Waals surface area contributed by atoms with E-state index in [2.05, 4.69) is 0 Å². The standard InChI is InChI=1S/C16H20O3/c1-4-9-14(17)15(16(18)19-5-2)12(3)13-10-7-6-8-11-13/h6-8,10-11H,4-5,9H2,1-3H3/b15-12+. The number of ether oxygens (including phenoxy) is 1. The maximum atomic E-state index is 12.1. The lowest BCUT2D eigenvalue weighted by molar-refractivity contribution is -0.139. The van der Waals surface area contributed by atoms with Gasteiger partial charge in [-0.25, -0.2) is 4.79 Å². The van der Waals surface area contributed by atoms with Gasteiger partial charge >= 0.3 is 5.97 Å². The molecule has 0 aliphatic heterocycles. The van der Waals surface area contributed by atoms with Crippen molar-refractivity contribution in [1.29, 1.82) is 0 Å². The molecule has 1 aromatic carbocycles. The van der Waals surface area contributed by atoms with Crippen LogP contribution in [-0.2, 0) is 14.3 Å². The molecular formula is C16H20O3. The third kappa shape index (κ3) is 4.05. The van der Waals surface area contributed by atoms with Crippen molar-refractivity contribution >= 4 is 17.3 Å². The van der Waals surface area contributed by atoms with Crippen molar-refractivity contribution in [2.24, 2.45) is 0 Å². The van der Waals surface area contributed by atoms with Crippen molar-refractivity contribution in [3.8, 4) is 0 Å². The van der Waals surface area contributed by atoms with Crippen LogP contribution in [0, 0.1) is 0 Å². The van der Waals surface area contributed by atoms with Gasteiger partial charge in [0.25, 0.3) is 0 Å². The largest absolute Gasteiger partial charge is 0.462 e. The van der Waals surface area contributed by atoms with Crippen LogP contribution in [0.15, 0.2) is 35.9 Å². The number of rotatable bonds is 6. The van der Waals surface area contributed by atoms with Crippen LogP contribution in [-0.4, -0.2) is 18.4 Å². The molecule has 0 aliphatic carbocycles. The lowest BCUT2D eigenvalue weighted by Crippen LogP contribution is -2.17. The zero-order valence-electron chi connectivity index (χ0n) is 11.7. The number of hydrogen-bond donors (Lipinski definition) is 0. The van der Waals surface area contributed by atoms with Crippen LogP contribution in [0.1, 0.15) is 39.2 Å². The van der Waals surface area contributed by atoms with Crippen molar-refractivity contribution in [2.45, 2.75) is 33.6 Å². The minimum absolute atomic E-state index is 0.151. The van der Waals surface area contributed by atoms with E-state index in [4.69, 9.17) is 4.74 Å². The normalized spacial score (nSPS) is 11.7. The molecule has 19 heavy (non-hydrogen) atoms. The van der Waals surface area contributed by atoms with Gasteiger partial charge in [-0.15, -0.1) is 0 Å². The maximum absolute atomic E-state index is 12.1. The van der Waals surface area contributed by atoms with Gasteiger partial charge in [0.15, 0.2) is 5.78 Å². The van der Waals surface area contributed by atoms with Crippen molar-refractivity contribution in [3.63, 3.8) is 0 Å². The summed E-state index contributed by atoms with van der Waals surface area (Å²) in [5, 5.41) is 0. The van der Waals surface area contributed by atoms with E-state index in [-0.39, 0.29) is 18.0 Å². The van der Waals surface area contributed by atoms with Gasteiger partial charge in [0.2, 0.25) is 0 Å². The molecule has 3 nitrogen and oxygen atoms in total. The van der Waals surface area contributed by atoms with Crippen LogP contribution in [0.5, 0.6) is 0 Å². The Bertz CT molecular complexity index is 452. The van der Waals surface area contributed by atoms with E-state index in [9.17, 15) is 9.59 Å². The Balaban J connectivity index is 3.21. The van der Waals surface area contributed by atoms with Gasteiger partial charge < -0.3 is 4.74 Å². The molecule has 0 N–H and O–H groups in total. The van der Waals surface area contributed by atoms with E-state index in [1.54, 1.807) is 13.8 Å². The van der Waals surface area contributed by atoms with Gasteiger partial charge in [0.1, 0.15) is 5.57 Å². The second-order valence-corrected chi connectivity index (χ2v) is 4.26. The van der Waals surface area contributed by atoms with Gasteiger partial charge in [-0.2, -0.15) is 0 Å². The van der Waals surface area contributed by atoms with E-state index in [0.29, 0.717) is 18.4 Å². The summed E-state index contributed by atoms with van der Waals surface area (Å²) in [5.41, 5.74) is 1.72. The Hall–Kier alpha value is -1.90. The summed E-state index contributed by atoms with van der Waals surface area (Å²) in [6.07, 6.45) is 1.07. The van der Waals surface area contributed by atoms with Gasteiger partial charge in [-0.1, -0.05) is 37.3 Å². The Labute approximate surface area is 114 Å². The van der Waals surface area contributed by atoms with Crippen LogP contribution in [0.2, 0.25) is 0 Å². The highest BCUT2D eigenvalue weighted by molar-refractivity contribution is 6.22. The molecule has 0 saturated heterocycles. The highest BCUT2D eigenvalue weighted by Crippen LogP contribution is 2.21. The summed E-state index contributed by atoms with van der Waals surface area (Å²) in [7, 11) is 0. The lowest BCUT2D eigenvalue weighted by Gasteiger charge is -2.10. The number of benzene rings is 1. The third-order valence-corrected chi connectivity index (χ3v) is 2.82. The molecule has 1 rings (SSSR count). The molecule has 0 amide bonds. The summed E-state index contributed by atoms with van der Waals surface area (Å²) >= 11 is 0. The predicted molar refractivity (Wildman–Crippen MR) is 75.6 cm³/mol. The van der Waals surface area contributed by atoms with Crippen LogP contribution in [0.4, 0.5) is 0 Å². The molecule has 0 saturated carbocycles.